The van der Waals surface area contributed by atoms with Crippen LogP contribution >= 0.6 is 15.9 Å². The summed E-state index contributed by atoms with van der Waals surface area (Å²) in [5.41, 5.74) is 2.58. The van der Waals surface area contributed by atoms with Crippen LogP contribution in [0.25, 0.3) is 22.3 Å². The van der Waals surface area contributed by atoms with Gasteiger partial charge in [0.2, 0.25) is 0 Å². The fourth-order valence-corrected chi connectivity index (χ4v) is 2.28. The van der Waals surface area contributed by atoms with Crippen LogP contribution in [0, 0.1) is 6.92 Å². The largest absolute Gasteiger partial charge is 0.456 e. The third-order valence-electron chi connectivity index (χ3n) is 3.01. The third kappa shape index (κ3) is 2.34. The van der Waals surface area contributed by atoms with Crippen LogP contribution in [-0.4, -0.2) is 0 Å². The van der Waals surface area contributed by atoms with Crippen molar-refractivity contribution in [2.75, 3.05) is 0 Å². The fourth-order valence-electron chi connectivity index (χ4n) is 2.02. The van der Waals surface area contributed by atoms with Gasteiger partial charge in [0.25, 0.3) is 0 Å². The molecule has 0 unspecified atom stereocenters. The molecule has 3 aromatic rings. The maximum atomic E-state index is 12.1. The van der Waals surface area contributed by atoms with Gasteiger partial charge in [-0.1, -0.05) is 34.1 Å². The molecule has 0 N–H and O–H groups in total. The van der Waals surface area contributed by atoms with E-state index in [1.807, 2.05) is 49.4 Å². The van der Waals surface area contributed by atoms with Gasteiger partial charge in [0.15, 0.2) is 5.43 Å². The lowest BCUT2D eigenvalue weighted by Crippen LogP contribution is -2.00. The first-order valence-corrected chi connectivity index (χ1v) is 6.73. The van der Waals surface area contributed by atoms with Gasteiger partial charge in [-0.3, -0.25) is 4.79 Å². The highest BCUT2D eigenvalue weighted by Gasteiger charge is 2.06. The van der Waals surface area contributed by atoms with Gasteiger partial charge >= 0.3 is 0 Å². The van der Waals surface area contributed by atoms with E-state index in [0.717, 1.165) is 15.6 Å². The summed E-state index contributed by atoms with van der Waals surface area (Å²) < 4.78 is 6.83. The fraction of sp³-hybridized carbons (Fsp3) is 0.0625. The summed E-state index contributed by atoms with van der Waals surface area (Å²) >= 11 is 3.39. The molecular weight excluding hydrogens is 304 g/mol. The Hall–Kier alpha value is -1.87. The number of fused-ring (bicyclic) bond motifs is 1. The highest BCUT2D eigenvalue weighted by Crippen LogP contribution is 2.24. The van der Waals surface area contributed by atoms with Gasteiger partial charge in [0.1, 0.15) is 11.3 Å². The second-order valence-corrected chi connectivity index (χ2v) is 5.40. The average molecular weight is 315 g/mol. The van der Waals surface area contributed by atoms with Crippen molar-refractivity contribution in [3.63, 3.8) is 0 Å². The van der Waals surface area contributed by atoms with Crippen molar-refractivity contribution in [1.29, 1.82) is 0 Å². The lowest BCUT2D eigenvalue weighted by molar-refractivity contribution is 0.618. The zero-order chi connectivity index (χ0) is 13.4. The van der Waals surface area contributed by atoms with Crippen molar-refractivity contribution >= 4 is 26.9 Å². The smallest absolute Gasteiger partial charge is 0.193 e. The normalized spacial score (nSPS) is 10.8. The molecule has 0 saturated heterocycles. The first-order valence-electron chi connectivity index (χ1n) is 5.94. The minimum absolute atomic E-state index is 0.0147. The highest BCUT2D eigenvalue weighted by molar-refractivity contribution is 9.10. The molecule has 0 aliphatic carbocycles. The lowest BCUT2D eigenvalue weighted by atomic mass is 10.1. The Morgan fingerprint density at radius 2 is 1.74 bits per heavy atom. The number of halogens is 1. The van der Waals surface area contributed by atoms with Gasteiger partial charge in [-0.05, 0) is 36.8 Å². The summed E-state index contributed by atoms with van der Waals surface area (Å²) in [5, 5.41) is 0.617. The molecule has 0 saturated carbocycles. The maximum Gasteiger partial charge on any atom is 0.193 e. The first kappa shape index (κ1) is 12.2. The van der Waals surface area contributed by atoms with Crippen molar-refractivity contribution in [2.24, 2.45) is 0 Å². The van der Waals surface area contributed by atoms with Crippen LogP contribution in [-0.2, 0) is 0 Å². The van der Waals surface area contributed by atoms with Crippen molar-refractivity contribution < 1.29 is 4.42 Å². The van der Waals surface area contributed by atoms with Crippen LogP contribution < -0.4 is 5.43 Å². The van der Waals surface area contributed by atoms with Crippen molar-refractivity contribution in [3.05, 3.63) is 68.8 Å². The molecule has 0 aliphatic heterocycles. The summed E-state index contributed by atoms with van der Waals surface area (Å²) in [5.74, 6) is 0.593. The Morgan fingerprint density at radius 3 is 2.47 bits per heavy atom. The molecule has 1 heterocycles. The second-order valence-electron chi connectivity index (χ2n) is 4.48. The van der Waals surface area contributed by atoms with E-state index < -0.39 is 0 Å². The third-order valence-corrected chi connectivity index (χ3v) is 3.54. The molecule has 3 rings (SSSR count). The molecule has 0 amide bonds. The highest BCUT2D eigenvalue weighted by atomic mass is 79.9. The monoisotopic (exact) mass is 314 g/mol. The number of hydrogen-bond donors (Lipinski definition) is 0. The van der Waals surface area contributed by atoms with Crippen LogP contribution in [0.5, 0.6) is 0 Å². The molecular formula is C16H11BrO2. The van der Waals surface area contributed by atoms with Gasteiger partial charge in [0.05, 0.1) is 5.39 Å². The van der Waals surface area contributed by atoms with Gasteiger partial charge in [-0.15, -0.1) is 0 Å². The average Bonchev–Trinajstić information content (AvgIpc) is 2.38. The summed E-state index contributed by atoms with van der Waals surface area (Å²) in [6, 6.07) is 14.8. The summed E-state index contributed by atoms with van der Waals surface area (Å²) in [7, 11) is 0. The number of hydrogen-bond acceptors (Lipinski definition) is 2. The van der Waals surface area contributed by atoms with E-state index in [4.69, 9.17) is 4.42 Å². The predicted molar refractivity (Wildman–Crippen MR) is 80.4 cm³/mol. The zero-order valence-corrected chi connectivity index (χ0v) is 11.9. The van der Waals surface area contributed by atoms with E-state index in [2.05, 4.69) is 15.9 Å². The van der Waals surface area contributed by atoms with E-state index in [-0.39, 0.29) is 5.43 Å². The van der Waals surface area contributed by atoms with Crippen molar-refractivity contribution in [2.45, 2.75) is 6.92 Å². The Balaban J connectivity index is 2.25. The molecule has 94 valence electrons. The number of aryl methyl sites for hydroxylation is 1. The quantitative estimate of drug-likeness (QED) is 0.660. The molecule has 0 bridgehead atoms. The molecule has 2 nitrogen and oxygen atoms in total. The molecule has 0 radical (unpaired) electrons. The van der Waals surface area contributed by atoms with Gasteiger partial charge in [-0.2, -0.15) is 0 Å². The Labute approximate surface area is 118 Å². The van der Waals surface area contributed by atoms with Crippen LogP contribution in [0.4, 0.5) is 0 Å². The zero-order valence-electron chi connectivity index (χ0n) is 10.3. The summed E-state index contributed by atoms with van der Waals surface area (Å²) in [6.45, 7) is 1.98. The van der Waals surface area contributed by atoms with Crippen molar-refractivity contribution in [3.8, 4) is 11.3 Å². The van der Waals surface area contributed by atoms with Crippen molar-refractivity contribution in [1.82, 2.24) is 0 Å². The number of benzene rings is 2. The van der Waals surface area contributed by atoms with Crippen LogP contribution in [0.15, 0.2) is 62.2 Å². The minimum Gasteiger partial charge on any atom is -0.456 e. The first-order chi connectivity index (χ1) is 9.13. The van der Waals surface area contributed by atoms with Crippen LogP contribution in [0.1, 0.15) is 5.56 Å². The molecule has 0 atom stereocenters. The van der Waals surface area contributed by atoms with Gasteiger partial charge in [-0.25, -0.2) is 0 Å². The number of rotatable bonds is 1. The predicted octanol–water partition coefficient (Wildman–Crippen LogP) is 4.53. The van der Waals surface area contributed by atoms with Crippen LogP contribution in [0.3, 0.4) is 0 Å². The Bertz CT molecular complexity index is 801. The molecule has 2 aromatic carbocycles. The SMILES string of the molecule is Cc1ccc2c(=O)cc(-c3ccc(Br)cc3)oc2c1. The molecule has 19 heavy (non-hydrogen) atoms. The Kier molecular flexibility index (Phi) is 2.99. The van der Waals surface area contributed by atoms with E-state index in [1.54, 1.807) is 6.07 Å². The van der Waals surface area contributed by atoms with E-state index >= 15 is 0 Å². The standard InChI is InChI=1S/C16H11BrO2/c1-10-2-7-13-14(18)9-15(19-16(13)8-10)11-3-5-12(17)6-4-11/h2-9H,1H3. The molecule has 1 aromatic heterocycles. The van der Waals surface area contributed by atoms with E-state index in [1.165, 1.54) is 0 Å². The molecule has 3 heteroatoms. The van der Waals surface area contributed by atoms with Crippen LogP contribution in [0.2, 0.25) is 0 Å². The van der Waals surface area contributed by atoms with Gasteiger partial charge < -0.3 is 4.42 Å². The topological polar surface area (TPSA) is 30.2 Å². The van der Waals surface area contributed by atoms with Gasteiger partial charge in [0, 0.05) is 16.1 Å². The van der Waals surface area contributed by atoms with E-state index in [9.17, 15) is 4.79 Å². The lowest BCUT2D eigenvalue weighted by Gasteiger charge is -2.04. The minimum atomic E-state index is -0.0147. The molecule has 0 spiro atoms. The van der Waals surface area contributed by atoms with E-state index in [0.29, 0.717) is 16.7 Å². The maximum absolute atomic E-state index is 12.1. The Morgan fingerprint density at radius 1 is 1.00 bits per heavy atom. The second kappa shape index (κ2) is 4.67. The molecule has 0 fully saturated rings. The molecule has 0 aliphatic rings. The summed E-state index contributed by atoms with van der Waals surface area (Å²) in [6.07, 6.45) is 0. The summed E-state index contributed by atoms with van der Waals surface area (Å²) in [4.78, 5) is 12.1.